The van der Waals surface area contributed by atoms with Crippen LogP contribution in [0.15, 0.2) is 0 Å². The molecule has 0 heterocycles. The maximum Gasteiger partial charge on any atom is 1.00 e. The van der Waals surface area contributed by atoms with Gasteiger partial charge in [0.25, 0.3) is 0 Å². The SMILES string of the molecule is O=CCCCC=O.[K+].[OH-]. The van der Waals surface area contributed by atoms with Crippen molar-refractivity contribution in [3.63, 3.8) is 0 Å². The molecule has 0 aliphatic heterocycles. The summed E-state index contributed by atoms with van der Waals surface area (Å²) >= 11 is 0. The first kappa shape index (κ1) is 16.5. The van der Waals surface area contributed by atoms with E-state index in [1.807, 2.05) is 0 Å². The van der Waals surface area contributed by atoms with E-state index in [0.717, 1.165) is 12.6 Å². The molecule has 0 radical (unpaired) electrons. The molecule has 0 rings (SSSR count). The molecule has 0 aliphatic rings. The zero-order valence-corrected chi connectivity index (χ0v) is 8.66. The minimum atomic E-state index is 0. The van der Waals surface area contributed by atoms with Crippen LogP contribution in [0.2, 0.25) is 0 Å². The van der Waals surface area contributed by atoms with Gasteiger partial charge < -0.3 is 15.1 Å². The fourth-order valence-electron chi connectivity index (χ4n) is 0.285. The summed E-state index contributed by atoms with van der Waals surface area (Å²) in [7, 11) is 0. The summed E-state index contributed by atoms with van der Waals surface area (Å²) in [5, 5.41) is 0. The van der Waals surface area contributed by atoms with Gasteiger partial charge in [0.2, 0.25) is 0 Å². The summed E-state index contributed by atoms with van der Waals surface area (Å²) in [6.07, 6.45) is 3.37. The van der Waals surface area contributed by atoms with Crippen LogP contribution in [0.5, 0.6) is 0 Å². The van der Waals surface area contributed by atoms with Crippen LogP contribution in [-0.4, -0.2) is 18.0 Å². The third-order valence-electron chi connectivity index (χ3n) is 0.644. The molecule has 3 nitrogen and oxygen atoms in total. The van der Waals surface area contributed by atoms with Crippen molar-refractivity contribution in [2.24, 2.45) is 0 Å². The largest absolute Gasteiger partial charge is 1.00 e. The maximum absolute atomic E-state index is 9.56. The number of unbranched alkanes of at least 4 members (excludes halogenated alkanes) is 2. The number of aldehydes is 2. The number of hydrogen-bond donors (Lipinski definition) is 0. The Labute approximate surface area is 96.9 Å². The van der Waals surface area contributed by atoms with E-state index in [2.05, 4.69) is 0 Å². The zero-order valence-electron chi connectivity index (χ0n) is 5.54. The standard InChI is InChI=1S/C5H8O2.K.H2O/c6-4-2-1-3-5-7;;/h4-5H,1-3H2;;1H2/q;+1;/p-1. The second kappa shape index (κ2) is 16.0. The number of carbonyl (C=O) groups excluding carboxylic acids is 2. The van der Waals surface area contributed by atoms with Crippen LogP contribution in [0.1, 0.15) is 19.3 Å². The van der Waals surface area contributed by atoms with E-state index in [1.165, 1.54) is 0 Å². The van der Waals surface area contributed by atoms with Gasteiger partial charge in [-0.2, -0.15) is 0 Å². The van der Waals surface area contributed by atoms with E-state index in [-0.39, 0.29) is 56.9 Å². The minimum absolute atomic E-state index is 0. The number of rotatable bonds is 4. The van der Waals surface area contributed by atoms with Gasteiger partial charge in [-0.1, -0.05) is 0 Å². The van der Waals surface area contributed by atoms with Crippen LogP contribution in [0.4, 0.5) is 0 Å². The van der Waals surface area contributed by atoms with Crippen molar-refractivity contribution >= 4 is 12.6 Å². The van der Waals surface area contributed by atoms with Gasteiger partial charge in [0.15, 0.2) is 0 Å². The molecule has 9 heavy (non-hydrogen) atoms. The van der Waals surface area contributed by atoms with Crippen LogP contribution >= 0.6 is 0 Å². The Kier molecular flexibility index (Phi) is 29.3. The van der Waals surface area contributed by atoms with Crippen molar-refractivity contribution in [3.05, 3.63) is 0 Å². The summed E-state index contributed by atoms with van der Waals surface area (Å²) in [5.41, 5.74) is 0. The van der Waals surface area contributed by atoms with Gasteiger partial charge in [0.1, 0.15) is 12.6 Å². The van der Waals surface area contributed by atoms with Crippen molar-refractivity contribution < 1.29 is 66.4 Å². The predicted octanol–water partition coefficient (Wildman–Crippen LogP) is -2.62. The van der Waals surface area contributed by atoms with Gasteiger partial charge >= 0.3 is 51.4 Å². The number of carbonyl (C=O) groups is 2. The molecule has 0 aromatic rings. The fraction of sp³-hybridized carbons (Fsp3) is 0.600. The smallest absolute Gasteiger partial charge is 0.870 e. The third kappa shape index (κ3) is 17.6. The third-order valence-corrected chi connectivity index (χ3v) is 0.644. The van der Waals surface area contributed by atoms with Gasteiger partial charge in [0.05, 0.1) is 0 Å². The quantitative estimate of drug-likeness (QED) is 0.254. The van der Waals surface area contributed by atoms with E-state index < -0.39 is 0 Å². The Bertz CT molecular complexity index is 57.2. The molecule has 0 aromatic heterocycles. The van der Waals surface area contributed by atoms with Gasteiger partial charge in [-0.05, 0) is 6.42 Å². The summed E-state index contributed by atoms with van der Waals surface area (Å²) in [6.45, 7) is 0. The Morgan fingerprint density at radius 2 is 1.33 bits per heavy atom. The summed E-state index contributed by atoms with van der Waals surface area (Å²) in [5.74, 6) is 0. The molecule has 4 heteroatoms. The molecule has 1 N–H and O–H groups in total. The molecule has 0 atom stereocenters. The normalized spacial score (nSPS) is 6.22. The fourth-order valence-corrected chi connectivity index (χ4v) is 0.285. The Balaban J connectivity index is -0.000000180. The van der Waals surface area contributed by atoms with E-state index in [0.29, 0.717) is 19.3 Å². The zero-order chi connectivity index (χ0) is 5.54. The summed E-state index contributed by atoms with van der Waals surface area (Å²) < 4.78 is 0. The van der Waals surface area contributed by atoms with E-state index >= 15 is 0 Å². The van der Waals surface area contributed by atoms with Crippen LogP contribution in [-0.2, 0) is 9.59 Å². The second-order valence-corrected chi connectivity index (χ2v) is 1.26. The van der Waals surface area contributed by atoms with Gasteiger partial charge in [-0.15, -0.1) is 0 Å². The van der Waals surface area contributed by atoms with E-state index in [9.17, 15) is 9.59 Å². The molecule has 0 amide bonds. The molecular formula is C5H9KO3. The van der Waals surface area contributed by atoms with Crippen molar-refractivity contribution in [1.29, 1.82) is 0 Å². The molecule has 48 valence electrons. The van der Waals surface area contributed by atoms with E-state index in [1.54, 1.807) is 0 Å². The second-order valence-electron chi connectivity index (χ2n) is 1.26. The molecule has 0 aliphatic carbocycles. The monoisotopic (exact) mass is 156 g/mol. The Morgan fingerprint density at radius 3 is 1.56 bits per heavy atom. The predicted molar refractivity (Wildman–Crippen MR) is 27.9 cm³/mol. The molecule has 0 aromatic carbocycles. The Morgan fingerprint density at radius 1 is 1.00 bits per heavy atom. The first-order valence-corrected chi connectivity index (χ1v) is 2.29. The van der Waals surface area contributed by atoms with Crippen LogP contribution in [0, 0.1) is 0 Å². The van der Waals surface area contributed by atoms with Gasteiger partial charge in [-0.25, -0.2) is 0 Å². The van der Waals surface area contributed by atoms with Crippen LogP contribution < -0.4 is 51.4 Å². The molecule has 0 unspecified atom stereocenters. The van der Waals surface area contributed by atoms with Crippen LogP contribution in [0.25, 0.3) is 0 Å². The van der Waals surface area contributed by atoms with Gasteiger partial charge in [-0.3, -0.25) is 0 Å². The van der Waals surface area contributed by atoms with E-state index in [4.69, 9.17) is 0 Å². The molecule has 0 saturated carbocycles. The average Bonchev–Trinajstić information content (AvgIpc) is 1.69. The molecule has 0 spiro atoms. The van der Waals surface area contributed by atoms with Crippen LogP contribution in [0.3, 0.4) is 0 Å². The van der Waals surface area contributed by atoms with Crippen molar-refractivity contribution in [2.45, 2.75) is 19.3 Å². The minimum Gasteiger partial charge on any atom is -0.870 e. The molecular weight excluding hydrogens is 147 g/mol. The Hall–Kier alpha value is 0.936. The van der Waals surface area contributed by atoms with Crippen molar-refractivity contribution in [1.82, 2.24) is 0 Å². The first-order valence-electron chi connectivity index (χ1n) is 2.29. The summed E-state index contributed by atoms with van der Waals surface area (Å²) in [6, 6.07) is 0. The molecule has 0 saturated heterocycles. The van der Waals surface area contributed by atoms with Crippen molar-refractivity contribution in [3.8, 4) is 0 Å². The molecule has 0 bridgehead atoms. The maximum atomic E-state index is 9.56. The van der Waals surface area contributed by atoms with Crippen molar-refractivity contribution in [2.75, 3.05) is 0 Å². The first-order chi connectivity index (χ1) is 3.41. The topological polar surface area (TPSA) is 64.1 Å². The molecule has 0 fully saturated rings. The van der Waals surface area contributed by atoms with Gasteiger partial charge in [0, 0.05) is 12.8 Å². The average molecular weight is 156 g/mol. The number of hydrogen-bond acceptors (Lipinski definition) is 3. The summed E-state index contributed by atoms with van der Waals surface area (Å²) in [4.78, 5) is 19.1.